The van der Waals surface area contributed by atoms with E-state index in [9.17, 15) is 9.59 Å². The van der Waals surface area contributed by atoms with E-state index in [0.29, 0.717) is 5.69 Å². The number of pyridine rings is 1. The summed E-state index contributed by atoms with van der Waals surface area (Å²) in [6.45, 7) is 0. The molecule has 0 aliphatic rings. The molecule has 0 radical (unpaired) electrons. The van der Waals surface area contributed by atoms with E-state index < -0.39 is 6.03 Å². The van der Waals surface area contributed by atoms with Gasteiger partial charge in [0, 0.05) is 5.69 Å². The van der Waals surface area contributed by atoms with Crippen LogP contribution in [0.1, 0.15) is 0 Å². The lowest BCUT2D eigenvalue weighted by molar-refractivity contribution is -0.108. The fraction of sp³-hybridized carbons (Fsp3) is 0. The van der Waals surface area contributed by atoms with Gasteiger partial charge in [-0.2, -0.15) is 0 Å². The molecule has 7 heteroatoms. The zero-order chi connectivity index (χ0) is 10.6. The molecule has 1 rings (SSSR count). The average Bonchev–Trinajstić information content (AvgIpc) is 2.01. The normalized spacial score (nSPS) is 9.29. The standard InChI is InChI=1S/C7H5Cl2N3O2/c8-5-1-4(2-6(9)12-5)11-7(14)10-3-13/h1-3H,(H2,10,11,12,13,14). The summed E-state index contributed by atoms with van der Waals surface area (Å²) >= 11 is 11.1. The van der Waals surface area contributed by atoms with Gasteiger partial charge in [0.05, 0.1) is 0 Å². The molecule has 0 saturated carbocycles. The number of nitrogens with one attached hydrogen (secondary N) is 2. The smallest absolute Gasteiger partial charge is 0.307 e. The lowest BCUT2D eigenvalue weighted by Gasteiger charge is -2.03. The highest BCUT2D eigenvalue weighted by molar-refractivity contribution is 6.33. The first-order valence-corrected chi connectivity index (χ1v) is 4.21. The molecule has 3 amide bonds. The highest BCUT2D eigenvalue weighted by Gasteiger charge is 2.03. The molecule has 0 atom stereocenters. The monoisotopic (exact) mass is 233 g/mol. The quantitative estimate of drug-likeness (QED) is 0.603. The second kappa shape index (κ2) is 4.78. The van der Waals surface area contributed by atoms with E-state index in [2.05, 4.69) is 10.3 Å². The number of aromatic nitrogens is 1. The van der Waals surface area contributed by atoms with Crippen LogP contribution in [0.4, 0.5) is 10.5 Å². The number of carbonyl (C=O) groups excluding carboxylic acids is 2. The van der Waals surface area contributed by atoms with Crippen LogP contribution in [0.25, 0.3) is 0 Å². The lowest BCUT2D eigenvalue weighted by Crippen LogP contribution is -2.27. The van der Waals surface area contributed by atoms with Gasteiger partial charge in [0.15, 0.2) is 0 Å². The van der Waals surface area contributed by atoms with E-state index in [-0.39, 0.29) is 16.7 Å². The second-order valence-electron chi connectivity index (χ2n) is 2.22. The van der Waals surface area contributed by atoms with Gasteiger partial charge in [-0.25, -0.2) is 9.78 Å². The fourth-order valence-corrected chi connectivity index (χ4v) is 1.22. The predicted octanol–water partition coefficient (Wildman–Crippen LogP) is 1.67. The highest BCUT2D eigenvalue weighted by atomic mass is 35.5. The first-order valence-electron chi connectivity index (χ1n) is 3.46. The number of hydrogen-bond acceptors (Lipinski definition) is 3. The Bertz CT molecular complexity index is 350. The molecule has 0 saturated heterocycles. The van der Waals surface area contributed by atoms with Crippen molar-refractivity contribution < 1.29 is 9.59 Å². The summed E-state index contributed by atoms with van der Waals surface area (Å²) in [5, 5.41) is 4.53. The van der Waals surface area contributed by atoms with Crippen LogP contribution in [-0.2, 0) is 4.79 Å². The molecule has 2 N–H and O–H groups in total. The number of urea groups is 1. The van der Waals surface area contributed by atoms with Crippen LogP contribution in [0.2, 0.25) is 10.3 Å². The predicted molar refractivity (Wildman–Crippen MR) is 52.5 cm³/mol. The summed E-state index contributed by atoms with van der Waals surface area (Å²) in [5.74, 6) is 0. The molecule has 1 heterocycles. The maximum absolute atomic E-state index is 10.9. The van der Waals surface area contributed by atoms with Crippen molar-refractivity contribution in [3.8, 4) is 0 Å². The van der Waals surface area contributed by atoms with E-state index in [1.54, 1.807) is 0 Å². The zero-order valence-electron chi connectivity index (χ0n) is 6.75. The minimum absolute atomic E-state index is 0.152. The first kappa shape index (κ1) is 10.7. The molecule has 1 aromatic heterocycles. The van der Waals surface area contributed by atoms with Crippen LogP contribution in [0.15, 0.2) is 12.1 Å². The Balaban J connectivity index is 2.76. The summed E-state index contributed by atoms with van der Waals surface area (Å²) in [6.07, 6.45) is 0.264. The number of nitrogens with zero attached hydrogens (tertiary/aromatic N) is 1. The molecule has 14 heavy (non-hydrogen) atoms. The van der Waals surface area contributed by atoms with Gasteiger partial charge in [-0.05, 0) is 12.1 Å². The number of carbonyl (C=O) groups is 2. The number of halogens is 2. The van der Waals surface area contributed by atoms with Gasteiger partial charge in [-0.1, -0.05) is 23.2 Å². The zero-order valence-corrected chi connectivity index (χ0v) is 8.26. The summed E-state index contributed by atoms with van der Waals surface area (Å²) in [4.78, 5) is 24.5. The van der Waals surface area contributed by atoms with Crippen LogP contribution < -0.4 is 10.6 Å². The van der Waals surface area contributed by atoms with E-state index in [1.807, 2.05) is 5.32 Å². The van der Waals surface area contributed by atoms with Crippen molar-refractivity contribution >= 4 is 41.3 Å². The van der Waals surface area contributed by atoms with Gasteiger partial charge in [0.2, 0.25) is 6.41 Å². The molecule has 5 nitrogen and oxygen atoms in total. The summed E-state index contributed by atoms with van der Waals surface area (Å²) in [6, 6.07) is 2.13. The van der Waals surface area contributed by atoms with Crippen LogP contribution in [0.3, 0.4) is 0 Å². The van der Waals surface area contributed by atoms with E-state index in [4.69, 9.17) is 23.2 Å². The third-order valence-electron chi connectivity index (χ3n) is 1.21. The number of rotatable bonds is 2. The molecule has 0 spiro atoms. The number of anilines is 1. The molecular formula is C7H5Cl2N3O2. The van der Waals surface area contributed by atoms with Gasteiger partial charge >= 0.3 is 6.03 Å². The first-order chi connectivity index (χ1) is 6.61. The van der Waals surface area contributed by atoms with Crippen LogP contribution >= 0.6 is 23.2 Å². The van der Waals surface area contributed by atoms with Crippen molar-refractivity contribution in [2.24, 2.45) is 0 Å². The molecule has 0 fully saturated rings. The van der Waals surface area contributed by atoms with E-state index in [1.165, 1.54) is 12.1 Å². The van der Waals surface area contributed by atoms with Crippen molar-refractivity contribution in [3.63, 3.8) is 0 Å². The topological polar surface area (TPSA) is 71.1 Å². The molecule has 74 valence electrons. The molecule has 0 bridgehead atoms. The van der Waals surface area contributed by atoms with Crippen LogP contribution in [0.5, 0.6) is 0 Å². The molecular weight excluding hydrogens is 229 g/mol. The minimum atomic E-state index is -0.668. The van der Waals surface area contributed by atoms with Crippen molar-refractivity contribution in [2.45, 2.75) is 0 Å². The van der Waals surface area contributed by atoms with Crippen molar-refractivity contribution in [1.29, 1.82) is 0 Å². The van der Waals surface area contributed by atoms with Crippen molar-refractivity contribution in [3.05, 3.63) is 22.4 Å². The van der Waals surface area contributed by atoms with E-state index in [0.717, 1.165) is 0 Å². The summed E-state index contributed by atoms with van der Waals surface area (Å²) in [5.41, 5.74) is 0.356. The molecule has 0 unspecified atom stereocenters. The maximum atomic E-state index is 10.9. The fourth-order valence-electron chi connectivity index (χ4n) is 0.758. The van der Waals surface area contributed by atoms with Crippen molar-refractivity contribution in [2.75, 3.05) is 5.32 Å². The van der Waals surface area contributed by atoms with Crippen LogP contribution in [-0.4, -0.2) is 17.4 Å². The Kier molecular flexibility index (Phi) is 3.67. The van der Waals surface area contributed by atoms with Crippen molar-refractivity contribution in [1.82, 2.24) is 10.3 Å². The molecule has 0 aromatic carbocycles. The van der Waals surface area contributed by atoms with Gasteiger partial charge in [0.25, 0.3) is 0 Å². The van der Waals surface area contributed by atoms with Gasteiger partial charge in [-0.3, -0.25) is 10.1 Å². The van der Waals surface area contributed by atoms with Gasteiger partial charge in [-0.15, -0.1) is 0 Å². The van der Waals surface area contributed by atoms with Gasteiger partial charge < -0.3 is 5.32 Å². The summed E-state index contributed by atoms with van der Waals surface area (Å²) < 4.78 is 0. The second-order valence-corrected chi connectivity index (χ2v) is 2.99. The minimum Gasteiger partial charge on any atom is -0.307 e. The number of hydrogen-bond donors (Lipinski definition) is 2. The number of imide groups is 1. The lowest BCUT2D eigenvalue weighted by atomic mass is 10.4. The largest absolute Gasteiger partial charge is 0.325 e. The Hall–Kier alpha value is -1.33. The Morgan fingerprint density at radius 1 is 1.36 bits per heavy atom. The molecule has 0 aliphatic heterocycles. The summed E-state index contributed by atoms with van der Waals surface area (Å²) in [7, 11) is 0. The third-order valence-corrected chi connectivity index (χ3v) is 1.60. The van der Waals surface area contributed by atoms with Gasteiger partial charge in [0.1, 0.15) is 10.3 Å². The maximum Gasteiger partial charge on any atom is 0.325 e. The molecule has 1 aromatic rings. The SMILES string of the molecule is O=CNC(=O)Nc1cc(Cl)nc(Cl)c1. The number of amides is 3. The Labute approximate surface area is 89.4 Å². The van der Waals surface area contributed by atoms with Crippen LogP contribution in [0, 0.1) is 0 Å². The van der Waals surface area contributed by atoms with E-state index >= 15 is 0 Å². The molecule has 0 aliphatic carbocycles. The Morgan fingerprint density at radius 2 is 1.93 bits per heavy atom. The average molecular weight is 234 g/mol. The Morgan fingerprint density at radius 3 is 2.43 bits per heavy atom. The highest BCUT2D eigenvalue weighted by Crippen LogP contribution is 2.18. The third kappa shape index (κ3) is 3.20.